The first kappa shape index (κ1) is 21.2. The van der Waals surface area contributed by atoms with Crippen LogP contribution in [0.5, 0.6) is 0 Å². The number of aliphatic hydroxyl groups is 1. The van der Waals surface area contributed by atoms with Crippen LogP contribution >= 0.6 is 0 Å². The summed E-state index contributed by atoms with van der Waals surface area (Å²) in [6.45, 7) is 2.57. The lowest BCUT2D eigenvalue weighted by atomic mass is 10.1. The van der Waals surface area contributed by atoms with Gasteiger partial charge in [0.15, 0.2) is 6.23 Å². The van der Waals surface area contributed by atoms with Crippen LogP contribution < -0.4 is 0 Å². The number of aliphatic hydroxyl groups excluding tert-OH is 1. The Balaban J connectivity index is 1.50. The van der Waals surface area contributed by atoms with Crippen molar-refractivity contribution in [2.45, 2.75) is 44.4 Å². The van der Waals surface area contributed by atoms with E-state index in [4.69, 9.17) is 0 Å². The monoisotopic (exact) mass is 441 g/mol. The van der Waals surface area contributed by atoms with E-state index in [1.165, 1.54) is 4.90 Å². The van der Waals surface area contributed by atoms with Gasteiger partial charge in [0.1, 0.15) is 12.1 Å². The number of urea groups is 1. The first-order valence-electron chi connectivity index (χ1n) is 11.3. The third-order valence-electron chi connectivity index (χ3n) is 6.70. The number of hydrogen-bond donors (Lipinski definition) is 1. The molecule has 0 aromatic heterocycles. The normalized spacial score (nSPS) is 23.2. The minimum atomic E-state index is -1.09. The van der Waals surface area contributed by atoms with Crippen molar-refractivity contribution in [2.24, 2.45) is 0 Å². The molecule has 4 atom stereocenters. The quantitative estimate of drug-likeness (QED) is 0.633. The first-order valence-corrected chi connectivity index (χ1v) is 11.3. The summed E-state index contributed by atoms with van der Waals surface area (Å²) in [5, 5.41) is 11.4. The maximum Gasteiger partial charge on any atom is 0.321 e. The molecule has 0 spiro atoms. The molecule has 3 aromatic rings. The van der Waals surface area contributed by atoms with Crippen LogP contribution in [0.2, 0.25) is 0 Å². The Morgan fingerprint density at radius 2 is 1.24 bits per heavy atom. The molecule has 5 rings (SSSR count). The van der Waals surface area contributed by atoms with E-state index in [1.807, 2.05) is 97.9 Å². The maximum atomic E-state index is 13.7. The van der Waals surface area contributed by atoms with E-state index in [1.54, 1.807) is 9.80 Å². The average Bonchev–Trinajstić information content (AvgIpc) is 3.26. The van der Waals surface area contributed by atoms with E-state index in [0.29, 0.717) is 13.1 Å². The van der Waals surface area contributed by atoms with E-state index >= 15 is 0 Å². The second-order valence-corrected chi connectivity index (χ2v) is 8.69. The highest BCUT2D eigenvalue weighted by Crippen LogP contribution is 2.40. The van der Waals surface area contributed by atoms with Gasteiger partial charge in [0.05, 0.1) is 6.04 Å². The Morgan fingerprint density at radius 3 is 1.79 bits per heavy atom. The Kier molecular flexibility index (Phi) is 5.60. The Bertz CT molecular complexity index is 1120. The zero-order valence-electron chi connectivity index (χ0n) is 18.5. The summed E-state index contributed by atoms with van der Waals surface area (Å²) in [6.07, 6.45) is -1.09. The number of carbonyl (C=O) groups is 2. The van der Waals surface area contributed by atoms with Gasteiger partial charge in [-0.25, -0.2) is 4.79 Å². The maximum absolute atomic E-state index is 13.7. The number of fused-ring (bicyclic) bond motifs is 1. The topological polar surface area (TPSA) is 64.1 Å². The molecule has 6 nitrogen and oxygen atoms in total. The summed E-state index contributed by atoms with van der Waals surface area (Å²) in [5.41, 5.74) is 2.85. The van der Waals surface area contributed by atoms with Gasteiger partial charge in [-0.3, -0.25) is 4.79 Å². The molecule has 2 fully saturated rings. The molecule has 2 heterocycles. The fourth-order valence-electron chi connectivity index (χ4n) is 5.03. The molecule has 0 bridgehead atoms. The fraction of sp³-hybridized carbons (Fsp3) is 0.259. The molecule has 1 unspecified atom stereocenters. The Morgan fingerprint density at radius 1 is 0.758 bits per heavy atom. The molecule has 3 aromatic carbocycles. The Labute approximate surface area is 193 Å². The molecule has 33 heavy (non-hydrogen) atoms. The standard InChI is InChI=1S/C27H27N3O3/c1-19(22-15-9-4-10-16-22)30-25(31)23-24(26(30)32)29(18-21-13-7-3-8-14-21)27(33)28(23)17-20-11-5-2-6-12-20/h2-16,19,23-25,31H,17-18H2,1H3/t19-,23-,24+,25?/m1/s1. The zero-order valence-corrected chi connectivity index (χ0v) is 18.5. The summed E-state index contributed by atoms with van der Waals surface area (Å²) in [7, 11) is 0. The molecule has 2 aliphatic rings. The van der Waals surface area contributed by atoms with Crippen LogP contribution in [0.25, 0.3) is 0 Å². The molecular weight excluding hydrogens is 414 g/mol. The lowest BCUT2D eigenvalue weighted by molar-refractivity contribution is -0.139. The van der Waals surface area contributed by atoms with Crippen molar-refractivity contribution in [2.75, 3.05) is 0 Å². The SMILES string of the molecule is C[C@H](c1ccccc1)N1C(=O)[C@@H]2[C@H](C1O)N(Cc1ccccc1)C(=O)N2Cc1ccccc1. The number of likely N-dealkylation sites (tertiary alicyclic amines) is 1. The second kappa shape index (κ2) is 8.71. The van der Waals surface area contributed by atoms with Gasteiger partial charge in [0, 0.05) is 13.1 Å². The first-order chi connectivity index (χ1) is 16.1. The van der Waals surface area contributed by atoms with Gasteiger partial charge in [0.2, 0.25) is 5.91 Å². The summed E-state index contributed by atoms with van der Waals surface area (Å²) < 4.78 is 0. The molecule has 3 amide bonds. The van der Waals surface area contributed by atoms with Crippen molar-refractivity contribution in [1.82, 2.24) is 14.7 Å². The molecular formula is C27H27N3O3. The third-order valence-corrected chi connectivity index (χ3v) is 6.70. The predicted octanol–water partition coefficient (Wildman–Crippen LogP) is 3.78. The van der Waals surface area contributed by atoms with Gasteiger partial charge in [-0.1, -0.05) is 91.0 Å². The van der Waals surface area contributed by atoms with Crippen molar-refractivity contribution >= 4 is 11.9 Å². The summed E-state index contributed by atoms with van der Waals surface area (Å²) in [6, 6.07) is 27.1. The van der Waals surface area contributed by atoms with Gasteiger partial charge in [-0.15, -0.1) is 0 Å². The van der Waals surface area contributed by atoms with E-state index in [-0.39, 0.29) is 18.0 Å². The molecule has 0 aliphatic carbocycles. The van der Waals surface area contributed by atoms with Crippen LogP contribution in [0.3, 0.4) is 0 Å². The molecule has 0 saturated carbocycles. The number of hydrogen-bond acceptors (Lipinski definition) is 3. The smallest absolute Gasteiger partial charge is 0.321 e. The number of amides is 3. The minimum Gasteiger partial charge on any atom is -0.371 e. The Hall–Kier alpha value is -3.64. The highest BCUT2D eigenvalue weighted by molar-refractivity contribution is 5.94. The highest BCUT2D eigenvalue weighted by atomic mass is 16.3. The van der Waals surface area contributed by atoms with Crippen LogP contribution in [-0.4, -0.2) is 50.1 Å². The number of nitrogens with zero attached hydrogens (tertiary/aromatic N) is 3. The van der Waals surface area contributed by atoms with Crippen LogP contribution in [0, 0.1) is 0 Å². The van der Waals surface area contributed by atoms with Crippen molar-refractivity contribution in [1.29, 1.82) is 0 Å². The van der Waals surface area contributed by atoms with E-state index in [0.717, 1.165) is 16.7 Å². The molecule has 168 valence electrons. The van der Waals surface area contributed by atoms with E-state index in [2.05, 4.69) is 0 Å². The predicted molar refractivity (Wildman–Crippen MR) is 125 cm³/mol. The van der Waals surface area contributed by atoms with Gasteiger partial charge in [0.25, 0.3) is 0 Å². The van der Waals surface area contributed by atoms with E-state index in [9.17, 15) is 14.7 Å². The van der Waals surface area contributed by atoms with Crippen molar-refractivity contribution in [3.63, 3.8) is 0 Å². The lowest BCUT2D eigenvalue weighted by Crippen LogP contribution is -2.47. The summed E-state index contributed by atoms with van der Waals surface area (Å²) in [5.74, 6) is -0.219. The average molecular weight is 442 g/mol. The van der Waals surface area contributed by atoms with Crippen molar-refractivity contribution in [3.05, 3.63) is 108 Å². The van der Waals surface area contributed by atoms with Gasteiger partial charge in [-0.05, 0) is 23.6 Å². The summed E-state index contributed by atoms with van der Waals surface area (Å²) >= 11 is 0. The third kappa shape index (κ3) is 3.76. The minimum absolute atomic E-state index is 0.219. The van der Waals surface area contributed by atoms with Crippen molar-refractivity contribution < 1.29 is 14.7 Å². The van der Waals surface area contributed by atoms with Gasteiger partial charge >= 0.3 is 6.03 Å². The number of benzene rings is 3. The molecule has 2 saturated heterocycles. The van der Waals surface area contributed by atoms with Crippen molar-refractivity contribution in [3.8, 4) is 0 Å². The molecule has 0 radical (unpaired) electrons. The number of carbonyl (C=O) groups excluding carboxylic acids is 2. The zero-order chi connectivity index (χ0) is 22.9. The second-order valence-electron chi connectivity index (χ2n) is 8.69. The van der Waals surface area contributed by atoms with Gasteiger partial charge in [-0.2, -0.15) is 0 Å². The lowest BCUT2D eigenvalue weighted by Gasteiger charge is -2.33. The molecule has 6 heteroatoms. The number of rotatable bonds is 6. The molecule has 2 aliphatic heterocycles. The van der Waals surface area contributed by atoms with Crippen LogP contribution in [0.1, 0.15) is 29.7 Å². The highest BCUT2D eigenvalue weighted by Gasteiger charge is 2.61. The largest absolute Gasteiger partial charge is 0.371 e. The summed E-state index contributed by atoms with van der Waals surface area (Å²) in [4.78, 5) is 32.0. The van der Waals surface area contributed by atoms with E-state index < -0.39 is 18.3 Å². The molecule has 1 N–H and O–H groups in total. The van der Waals surface area contributed by atoms with Gasteiger partial charge < -0.3 is 19.8 Å². The van der Waals surface area contributed by atoms with Crippen LogP contribution in [-0.2, 0) is 17.9 Å². The van der Waals surface area contributed by atoms with Crippen LogP contribution in [0.4, 0.5) is 4.79 Å². The van der Waals surface area contributed by atoms with Crippen LogP contribution in [0.15, 0.2) is 91.0 Å². The fourth-order valence-corrected chi connectivity index (χ4v) is 5.03.